The smallest absolute Gasteiger partial charge is 0.138 e. The highest BCUT2D eigenvalue weighted by molar-refractivity contribution is 6.36. The Morgan fingerprint density at radius 2 is 2.12 bits per heavy atom. The van der Waals surface area contributed by atoms with Crippen LogP contribution in [0.3, 0.4) is 0 Å². The minimum absolute atomic E-state index is 0.0932. The zero-order chi connectivity index (χ0) is 11.5. The maximum absolute atomic E-state index is 8.80. The maximum atomic E-state index is 8.80. The van der Waals surface area contributed by atoms with Crippen molar-refractivity contribution in [3.63, 3.8) is 0 Å². The third kappa shape index (κ3) is 2.38. The Morgan fingerprint density at radius 1 is 1.31 bits per heavy atom. The number of imidazole rings is 1. The minimum Gasteiger partial charge on any atom is -0.396 e. The molecule has 2 aromatic rings. The van der Waals surface area contributed by atoms with Crippen LogP contribution in [0.15, 0.2) is 24.4 Å². The molecule has 0 fully saturated rings. The van der Waals surface area contributed by atoms with Gasteiger partial charge in [0, 0.05) is 35.5 Å². The van der Waals surface area contributed by atoms with E-state index < -0.39 is 0 Å². The summed E-state index contributed by atoms with van der Waals surface area (Å²) in [6, 6.07) is 5.25. The van der Waals surface area contributed by atoms with Crippen molar-refractivity contribution < 1.29 is 5.11 Å². The molecule has 3 nitrogen and oxygen atoms in total. The summed E-state index contributed by atoms with van der Waals surface area (Å²) in [7, 11) is 0. The molecule has 0 amide bonds. The summed E-state index contributed by atoms with van der Waals surface area (Å²) in [5.41, 5.74) is 1.68. The molecule has 0 unspecified atom stereocenters. The molecule has 1 heterocycles. The summed E-state index contributed by atoms with van der Waals surface area (Å²) in [5.74, 6) is 0.685. The van der Waals surface area contributed by atoms with Gasteiger partial charge in [0.05, 0.1) is 5.02 Å². The van der Waals surface area contributed by atoms with E-state index in [1.165, 1.54) is 0 Å². The first-order valence-corrected chi connectivity index (χ1v) is 5.56. The van der Waals surface area contributed by atoms with Gasteiger partial charge in [-0.25, -0.2) is 4.98 Å². The van der Waals surface area contributed by atoms with Gasteiger partial charge >= 0.3 is 0 Å². The van der Waals surface area contributed by atoms with Gasteiger partial charge in [-0.1, -0.05) is 23.2 Å². The molecule has 0 aliphatic heterocycles. The van der Waals surface area contributed by atoms with Crippen molar-refractivity contribution in [3.8, 4) is 11.4 Å². The summed E-state index contributed by atoms with van der Waals surface area (Å²) >= 11 is 11.9. The van der Waals surface area contributed by atoms with Gasteiger partial charge in [-0.3, -0.25) is 0 Å². The summed E-state index contributed by atoms with van der Waals surface area (Å²) < 4.78 is 0. The topological polar surface area (TPSA) is 48.9 Å². The first-order chi connectivity index (χ1) is 7.70. The molecule has 0 spiro atoms. The second-order valence-electron chi connectivity index (χ2n) is 3.35. The zero-order valence-corrected chi connectivity index (χ0v) is 9.89. The average molecular weight is 257 g/mol. The SMILES string of the molecule is OCCc1cnc(-c2ccc(Cl)cc2Cl)[nH]1. The largest absolute Gasteiger partial charge is 0.396 e. The number of aromatic amines is 1. The van der Waals surface area contributed by atoms with Gasteiger partial charge in [0.25, 0.3) is 0 Å². The summed E-state index contributed by atoms with van der Waals surface area (Å²) in [6.45, 7) is 0.0932. The number of nitrogens with one attached hydrogen (secondary N) is 1. The normalized spacial score (nSPS) is 10.7. The molecule has 1 aromatic carbocycles. The summed E-state index contributed by atoms with van der Waals surface area (Å²) in [6.07, 6.45) is 2.24. The third-order valence-electron chi connectivity index (χ3n) is 2.20. The van der Waals surface area contributed by atoms with Gasteiger partial charge in [0.2, 0.25) is 0 Å². The number of hydrogen-bond donors (Lipinski definition) is 2. The zero-order valence-electron chi connectivity index (χ0n) is 8.37. The third-order valence-corrected chi connectivity index (χ3v) is 2.74. The molecule has 16 heavy (non-hydrogen) atoms. The van der Waals surface area contributed by atoms with Crippen LogP contribution in [0.4, 0.5) is 0 Å². The van der Waals surface area contributed by atoms with E-state index in [1.54, 1.807) is 18.3 Å². The van der Waals surface area contributed by atoms with Crippen LogP contribution in [0.25, 0.3) is 11.4 Å². The maximum Gasteiger partial charge on any atom is 0.138 e. The number of rotatable bonds is 3. The van der Waals surface area contributed by atoms with Crippen molar-refractivity contribution in [2.24, 2.45) is 0 Å². The fourth-order valence-corrected chi connectivity index (χ4v) is 1.92. The molecule has 0 radical (unpaired) electrons. The van der Waals surface area contributed by atoms with E-state index in [9.17, 15) is 0 Å². The van der Waals surface area contributed by atoms with E-state index in [4.69, 9.17) is 28.3 Å². The van der Waals surface area contributed by atoms with Gasteiger partial charge in [0.15, 0.2) is 0 Å². The number of aliphatic hydroxyl groups excluding tert-OH is 1. The lowest BCUT2D eigenvalue weighted by atomic mass is 10.2. The Hall–Kier alpha value is -1.03. The van der Waals surface area contributed by atoms with Crippen LogP contribution in [0, 0.1) is 0 Å². The molecule has 0 aliphatic carbocycles. The van der Waals surface area contributed by atoms with E-state index in [2.05, 4.69) is 9.97 Å². The standard InChI is InChI=1S/C11H10Cl2N2O/c12-7-1-2-9(10(13)5-7)11-14-6-8(15-11)3-4-16/h1-2,5-6,16H,3-4H2,(H,14,15). The highest BCUT2D eigenvalue weighted by atomic mass is 35.5. The lowest BCUT2D eigenvalue weighted by Gasteiger charge is -2.00. The predicted octanol–water partition coefficient (Wildman–Crippen LogP) is 2.92. The lowest BCUT2D eigenvalue weighted by molar-refractivity contribution is 0.298. The van der Waals surface area contributed by atoms with Crippen molar-refractivity contribution in [2.75, 3.05) is 6.61 Å². The Labute approximate surface area is 103 Å². The van der Waals surface area contributed by atoms with Crippen LogP contribution in [-0.4, -0.2) is 21.7 Å². The van der Waals surface area contributed by atoms with Crippen molar-refractivity contribution in [3.05, 3.63) is 40.1 Å². The van der Waals surface area contributed by atoms with Gasteiger partial charge < -0.3 is 10.1 Å². The van der Waals surface area contributed by atoms with Crippen molar-refractivity contribution >= 4 is 23.2 Å². The van der Waals surface area contributed by atoms with Gasteiger partial charge in [-0.05, 0) is 18.2 Å². The monoisotopic (exact) mass is 256 g/mol. The van der Waals surface area contributed by atoms with Crippen LogP contribution < -0.4 is 0 Å². The Bertz CT molecular complexity index is 496. The summed E-state index contributed by atoms with van der Waals surface area (Å²) in [4.78, 5) is 7.29. The molecule has 0 bridgehead atoms. The van der Waals surface area contributed by atoms with E-state index in [-0.39, 0.29) is 6.61 Å². The van der Waals surface area contributed by atoms with Gasteiger partial charge in [0.1, 0.15) is 5.82 Å². The van der Waals surface area contributed by atoms with Crippen molar-refractivity contribution in [2.45, 2.75) is 6.42 Å². The number of H-pyrrole nitrogens is 1. The number of benzene rings is 1. The molecule has 2 rings (SSSR count). The van der Waals surface area contributed by atoms with E-state index in [0.29, 0.717) is 22.3 Å². The highest BCUT2D eigenvalue weighted by Crippen LogP contribution is 2.28. The number of aromatic nitrogens is 2. The molecule has 0 atom stereocenters. The fraction of sp³-hybridized carbons (Fsp3) is 0.182. The molecule has 5 heteroatoms. The average Bonchev–Trinajstić information content (AvgIpc) is 2.67. The first-order valence-electron chi connectivity index (χ1n) is 4.81. The molecule has 2 N–H and O–H groups in total. The Morgan fingerprint density at radius 3 is 2.81 bits per heavy atom. The fourth-order valence-electron chi connectivity index (χ4n) is 1.42. The number of aliphatic hydroxyl groups is 1. The number of nitrogens with zero attached hydrogens (tertiary/aromatic N) is 1. The van der Waals surface area contributed by atoms with E-state index >= 15 is 0 Å². The second-order valence-corrected chi connectivity index (χ2v) is 4.20. The molecule has 0 saturated carbocycles. The van der Waals surface area contributed by atoms with E-state index in [1.807, 2.05) is 6.07 Å². The highest BCUT2D eigenvalue weighted by Gasteiger charge is 2.07. The van der Waals surface area contributed by atoms with E-state index in [0.717, 1.165) is 11.3 Å². The molecule has 84 valence electrons. The van der Waals surface area contributed by atoms with Crippen LogP contribution in [0.2, 0.25) is 10.0 Å². The molecule has 1 aromatic heterocycles. The second kappa shape index (κ2) is 4.87. The minimum atomic E-state index is 0.0932. The molecular weight excluding hydrogens is 247 g/mol. The molecular formula is C11H10Cl2N2O. The first kappa shape index (κ1) is 11.5. The van der Waals surface area contributed by atoms with Crippen LogP contribution >= 0.6 is 23.2 Å². The van der Waals surface area contributed by atoms with Crippen molar-refractivity contribution in [1.29, 1.82) is 0 Å². The van der Waals surface area contributed by atoms with Crippen LogP contribution in [0.1, 0.15) is 5.69 Å². The molecule has 0 aliphatic rings. The Kier molecular flexibility index (Phi) is 3.49. The predicted molar refractivity (Wildman–Crippen MR) is 64.8 cm³/mol. The summed E-state index contributed by atoms with van der Waals surface area (Å²) in [5, 5.41) is 9.95. The quantitative estimate of drug-likeness (QED) is 0.888. The molecule has 0 saturated heterocycles. The van der Waals surface area contributed by atoms with Gasteiger partial charge in [-0.2, -0.15) is 0 Å². The number of halogens is 2. The van der Waals surface area contributed by atoms with Crippen LogP contribution in [-0.2, 0) is 6.42 Å². The van der Waals surface area contributed by atoms with Crippen LogP contribution in [0.5, 0.6) is 0 Å². The van der Waals surface area contributed by atoms with Gasteiger partial charge in [-0.15, -0.1) is 0 Å². The number of hydrogen-bond acceptors (Lipinski definition) is 2. The lowest BCUT2D eigenvalue weighted by Crippen LogP contribution is -1.90. The van der Waals surface area contributed by atoms with Crippen molar-refractivity contribution in [1.82, 2.24) is 9.97 Å². The Balaban J connectivity index is 2.35.